The van der Waals surface area contributed by atoms with Crippen molar-refractivity contribution in [3.05, 3.63) is 23.8 Å². The predicted molar refractivity (Wildman–Crippen MR) is 76.5 cm³/mol. The number of carbonyl (C=O) groups excluding carboxylic acids is 2. The number of amides is 2. The SMILES string of the molecule is CC(C)C(NC(=O)C(C)(C)C)c1ncc(C(=O)NO)cn1. The van der Waals surface area contributed by atoms with E-state index in [0.717, 1.165) is 0 Å². The Morgan fingerprint density at radius 3 is 2.10 bits per heavy atom. The minimum Gasteiger partial charge on any atom is -0.345 e. The third-order valence-electron chi connectivity index (χ3n) is 2.95. The van der Waals surface area contributed by atoms with Gasteiger partial charge in [0.2, 0.25) is 5.91 Å². The Morgan fingerprint density at radius 1 is 1.19 bits per heavy atom. The van der Waals surface area contributed by atoms with E-state index in [2.05, 4.69) is 15.3 Å². The van der Waals surface area contributed by atoms with E-state index in [-0.39, 0.29) is 23.4 Å². The summed E-state index contributed by atoms with van der Waals surface area (Å²) in [6.07, 6.45) is 2.62. The van der Waals surface area contributed by atoms with E-state index in [0.29, 0.717) is 5.82 Å². The van der Waals surface area contributed by atoms with Gasteiger partial charge in [0, 0.05) is 17.8 Å². The first-order chi connectivity index (χ1) is 9.66. The molecule has 7 nitrogen and oxygen atoms in total. The number of hydrogen-bond acceptors (Lipinski definition) is 5. The molecule has 0 saturated heterocycles. The number of rotatable bonds is 4. The van der Waals surface area contributed by atoms with E-state index in [1.54, 1.807) is 0 Å². The predicted octanol–water partition coefficient (Wildman–Crippen LogP) is 1.45. The number of hydroxylamine groups is 1. The van der Waals surface area contributed by atoms with E-state index in [4.69, 9.17) is 5.21 Å². The smallest absolute Gasteiger partial charge is 0.277 e. The first-order valence-corrected chi connectivity index (χ1v) is 6.74. The number of nitrogens with one attached hydrogen (secondary N) is 2. The summed E-state index contributed by atoms with van der Waals surface area (Å²) in [6, 6.07) is -0.344. The Hall–Kier alpha value is -2.02. The van der Waals surface area contributed by atoms with Crippen molar-refractivity contribution in [2.45, 2.75) is 40.7 Å². The van der Waals surface area contributed by atoms with Gasteiger partial charge in [0.1, 0.15) is 0 Å². The third kappa shape index (κ3) is 4.49. The number of carbonyl (C=O) groups is 2. The van der Waals surface area contributed by atoms with Crippen LogP contribution in [-0.2, 0) is 4.79 Å². The first-order valence-electron chi connectivity index (χ1n) is 6.74. The molecular formula is C14H22N4O3. The molecule has 0 aliphatic rings. The van der Waals surface area contributed by atoms with Gasteiger partial charge in [0.15, 0.2) is 5.82 Å². The minimum absolute atomic E-state index is 0.0915. The second-order valence-electron chi connectivity index (χ2n) is 6.22. The maximum absolute atomic E-state index is 12.1. The van der Waals surface area contributed by atoms with Crippen LogP contribution in [0.15, 0.2) is 12.4 Å². The molecule has 3 N–H and O–H groups in total. The molecule has 0 radical (unpaired) electrons. The van der Waals surface area contributed by atoms with Crippen molar-refractivity contribution in [2.75, 3.05) is 0 Å². The lowest BCUT2D eigenvalue weighted by molar-refractivity contribution is -0.129. The Kier molecular flexibility index (Phi) is 5.37. The van der Waals surface area contributed by atoms with E-state index in [1.807, 2.05) is 34.6 Å². The van der Waals surface area contributed by atoms with Crippen molar-refractivity contribution in [1.29, 1.82) is 0 Å². The highest BCUT2D eigenvalue weighted by Crippen LogP contribution is 2.21. The van der Waals surface area contributed by atoms with Crippen molar-refractivity contribution in [3.8, 4) is 0 Å². The van der Waals surface area contributed by atoms with Crippen molar-refractivity contribution in [2.24, 2.45) is 11.3 Å². The molecule has 1 atom stereocenters. The number of nitrogens with zero attached hydrogens (tertiary/aromatic N) is 2. The Labute approximate surface area is 124 Å². The first kappa shape index (κ1) is 17.0. The molecule has 0 aliphatic heterocycles. The average Bonchev–Trinajstić information content (AvgIpc) is 2.42. The van der Waals surface area contributed by atoms with Crippen molar-refractivity contribution in [1.82, 2.24) is 20.8 Å². The molecule has 1 aromatic heterocycles. The van der Waals surface area contributed by atoms with Crippen LogP contribution >= 0.6 is 0 Å². The standard InChI is InChI=1S/C14H22N4O3/c1-8(2)10(17-13(20)14(3,4)5)11-15-6-9(7-16-11)12(19)18-21/h6-8,10,21H,1-5H3,(H,17,20)(H,18,19). The van der Waals surface area contributed by atoms with Gasteiger partial charge in [-0.3, -0.25) is 14.8 Å². The van der Waals surface area contributed by atoms with Gasteiger partial charge in [0.25, 0.3) is 5.91 Å². The molecule has 1 rings (SSSR count). The highest BCUT2D eigenvalue weighted by atomic mass is 16.5. The monoisotopic (exact) mass is 294 g/mol. The van der Waals surface area contributed by atoms with Crippen LogP contribution in [0.4, 0.5) is 0 Å². The number of hydrogen-bond donors (Lipinski definition) is 3. The maximum atomic E-state index is 12.1. The summed E-state index contributed by atoms with van der Waals surface area (Å²) in [7, 11) is 0. The van der Waals surface area contributed by atoms with Crippen molar-refractivity contribution in [3.63, 3.8) is 0 Å². The van der Waals surface area contributed by atoms with Crippen LogP contribution in [0.1, 0.15) is 56.8 Å². The van der Waals surface area contributed by atoms with Gasteiger partial charge < -0.3 is 5.32 Å². The molecule has 7 heteroatoms. The highest BCUT2D eigenvalue weighted by Gasteiger charge is 2.27. The highest BCUT2D eigenvalue weighted by molar-refractivity contribution is 5.92. The van der Waals surface area contributed by atoms with Crippen molar-refractivity contribution < 1.29 is 14.8 Å². The summed E-state index contributed by atoms with van der Waals surface area (Å²) >= 11 is 0. The third-order valence-corrected chi connectivity index (χ3v) is 2.95. The summed E-state index contributed by atoms with van der Waals surface area (Å²) in [5.41, 5.74) is 1.15. The van der Waals surface area contributed by atoms with Crippen molar-refractivity contribution >= 4 is 11.8 Å². The van der Waals surface area contributed by atoms with Crippen LogP contribution in [0.3, 0.4) is 0 Å². The minimum atomic E-state index is -0.679. The second kappa shape index (κ2) is 6.62. The largest absolute Gasteiger partial charge is 0.345 e. The Morgan fingerprint density at radius 2 is 1.71 bits per heavy atom. The van der Waals surface area contributed by atoms with E-state index >= 15 is 0 Å². The van der Waals surface area contributed by atoms with Gasteiger partial charge in [0.05, 0.1) is 11.6 Å². The molecule has 1 heterocycles. The quantitative estimate of drug-likeness (QED) is 0.576. The molecule has 0 saturated carbocycles. The van der Waals surface area contributed by atoms with Gasteiger partial charge in [-0.25, -0.2) is 15.4 Å². The zero-order chi connectivity index (χ0) is 16.2. The van der Waals surface area contributed by atoms with Gasteiger partial charge in [-0.2, -0.15) is 0 Å². The summed E-state index contributed by atoms with van der Waals surface area (Å²) in [4.78, 5) is 31.6. The molecule has 2 amide bonds. The van der Waals surface area contributed by atoms with E-state index in [1.165, 1.54) is 17.9 Å². The lowest BCUT2D eigenvalue weighted by Crippen LogP contribution is -2.40. The van der Waals surface area contributed by atoms with E-state index < -0.39 is 11.3 Å². The van der Waals surface area contributed by atoms with Gasteiger partial charge in [-0.1, -0.05) is 34.6 Å². The Bertz CT molecular complexity index is 506. The lowest BCUT2D eigenvalue weighted by atomic mass is 9.93. The molecule has 1 unspecified atom stereocenters. The second-order valence-corrected chi connectivity index (χ2v) is 6.22. The summed E-state index contributed by atoms with van der Waals surface area (Å²) < 4.78 is 0. The van der Waals surface area contributed by atoms with Crippen LogP contribution in [0.5, 0.6) is 0 Å². The zero-order valence-corrected chi connectivity index (χ0v) is 13.0. The summed E-state index contributed by atoms with van der Waals surface area (Å²) in [6.45, 7) is 9.39. The van der Waals surface area contributed by atoms with Gasteiger partial charge >= 0.3 is 0 Å². The fourth-order valence-electron chi connectivity index (χ4n) is 1.57. The normalized spacial score (nSPS) is 12.9. The van der Waals surface area contributed by atoms with Crippen LogP contribution in [-0.4, -0.2) is 27.0 Å². The summed E-state index contributed by atoms with van der Waals surface area (Å²) in [5.74, 6) is -0.255. The molecule has 0 aromatic carbocycles. The fraction of sp³-hybridized carbons (Fsp3) is 0.571. The van der Waals surface area contributed by atoms with Crippen LogP contribution in [0.25, 0.3) is 0 Å². The molecule has 0 aliphatic carbocycles. The average molecular weight is 294 g/mol. The molecular weight excluding hydrogens is 272 g/mol. The zero-order valence-electron chi connectivity index (χ0n) is 13.0. The fourth-order valence-corrected chi connectivity index (χ4v) is 1.57. The van der Waals surface area contributed by atoms with Gasteiger partial charge in [-0.15, -0.1) is 0 Å². The van der Waals surface area contributed by atoms with Crippen LogP contribution in [0.2, 0.25) is 0 Å². The Balaban J connectivity index is 2.96. The molecule has 116 valence electrons. The molecule has 0 bridgehead atoms. The topological polar surface area (TPSA) is 104 Å². The van der Waals surface area contributed by atoms with Crippen LogP contribution in [0, 0.1) is 11.3 Å². The lowest BCUT2D eigenvalue weighted by Gasteiger charge is -2.25. The van der Waals surface area contributed by atoms with Gasteiger partial charge in [-0.05, 0) is 5.92 Å². The maximum Gasteiger partial charge on any atom is 0.277 e. The van der Waals surface area contributed by atoms with E-state index in [9.17, 15) is 9.59 Å². The molecule has 1 aromatic rings. The van der Waals surface area contributed by atoms with Crippen LogP contribution < -0.4 is 10.8 Å². The summed E-state index contributed by atoms with van der Waals surface area (Å²) in [5, 5.41) is 11.5. The molecule has 21 heavy (non-hydrogen) atoms. The molecule has 0 spiro atoms. The molecule has 0 fully saturated rings. The number of aromatic nitrogens is 2.